The second-order valence-electron chi connectivity index (χ2n) is 5.25. The van der Waals surface area contributed by atoms with E-state index >= 15 is 0 Å². The van der Waals surface area contributed by atoms with E-state index in [1.807, 2.05) is 12.1 Å². The van der Waals surface area contributed by atoms with Gasteiger partial charge in [-0.1, -0.05) is 42.5 Å². The molecular weight excluding hydrogens is 260 g/mol. The van der Waals surface area contributed by atoms with Crippen molar-refractivity contribution >= 4 is 21.8 Å². The minimum Gasteiger partial charge on any atom is -0.390 e. The van der Waals surface area contributed by atoms with Crippen LogP contribution in [0.4, 0.5) is 0 Å². The topological polar surface area (TPSA) is 37.2 Å². The Morgan fingerprint density at radius 2 is 1.62 bits per heavy atom. The zero-order chi connectivity index (χ0) is 14.7. The van der Waals surface area contributed by atoms with Gasteiger partial charge in [-0.3, -0.25) is 0 Å². The van der Waals surface area contributed by atoms with Crippen LogP contribution in [-0.4, -0.2) is 28.9 Å². The fourth-order valence-electron chi connectivity index (χ4n) is 2.83. The first-order valence-corrected chi connectivity index (χ1v) is 7.27. The van der Waals surface area contributed by atoms with Gasteiger partial charge in [0.1, 0.15) is 0 Å². The van der Waals surface area contributed by atoms with Crippen LogP contribution in [0.15, 0.2) is 61.2 Å². The fraction of sp³-hybridized carbons (Fsp3) is 0.222. The summed E-state index contributed by atoms with van der Waals surface area (Å²) in [6, 6.07) is 16.7. The molecule has 2 N–H and O–H groups in total. The number of nitrogens with zero attached hydrogens (tertiary/aromatic N) is 1. The molecule has 2 aromatic carbocycles. The number of aliphatic hydroxyl groups excluding tert-OH is 1. The van der Waals surface area contributed by atoms with E-state index in [0.717, 1.165) is 0 Å². The second kappa shape index (κ2) is 6.12. The Morgan fingerprint density at radius 3 is 2.19 bits per heavy atom. The van der Waals surface area contributed by atoms with Crippen LogP contribution in [0, 0.1) is 0 Å². The van der Waals surface area contributed by atoms with Gasteiger partial charge in [0.15, 0.2) is 0 Å². The molecule has 3 heteroatoms. The van der Waals surface area contributed by atoms with Crippen LogP contribution < -0.4 is 5.32 Å². The van der Waals surface area contributed by atoms with E-state index in [1.54, 1.807) is 6.08 Å². The Hall–Kier alpha value is -2.10. The Bertz CT molecular complexity index is 707. The van der Waals surface area contributed by atoms with Crippen molar-refractivity contribution < 1.29 is 5.11 Å². The summed E-state index contributed by atoms with van der Waals surface area (Å²) in [7, 11) is 0. The van der Waals surface area contributed by atoms with Gasteiger partial charge < -0.3 is 15.0 Å². The third-order valence-corrected chi connectivity index (χ3v) is 3.74. The number of fused-ring (bicyclic) bond motifs is 3. The predicted molar refractivity (Wildman–Crippen MR) is 88.5 cm³/mol. The summed E-state index contributed by atoms with van der Waals surface area (Å²) in [5.41, 5.74) is 2.34. The normalized spacial score (nSPS) is 12.8. The van der Waals surface area contributed by atoms with Gasteiger partial charge in [0.2, 0.25) is 0 Å². The van der Waals surface area contributed by atoms with Gasteiger partial charge in [-0.25, -0.2) is 0 Å². The summed E-state index contributed by atoms with van der Waals surface area (Å²) in [5.74, 6) is 0. The van der Waals surface area contributed by atoms with Crippen LogP contribution in [0.5, 0.6) is 0 Å². The molecule has 0 saturated heterocycles. The zero-order valence-electron chi connectivity index (χ0n) is 12.0. The smallest absolute Gasteiger partial charge is 0.0843 e. The molecule has 0 radical (unpaired) electrons. The fourth-order valence-corrected chi connectivity index (χ4v) is 2.83. The minimum atomic E-state index is -0.427. The maximum absolute atomic E-state index is 10.2. The minimum absolute atomic E-state index is 0.427. The lowest BCUT2D eigenvalue weighted by molar-refractivity contribution is 0.155. The van der Waals surface area contributed by atoms with Crippen LogP contribution in [0.1, 0.15) is 0 Å². The lowest BCUT2D eigenvalue weighted by Crippen LogP contribution is -2.30. The summed E-state index contributed by atoms with van der Waals surface area (Å²) in [6.07, 6.45) is 1.37. The molecule has 0 bridgehead atoms. The molecule has 0 amide bonds. The first-order valence-electron chi connectivity index (χ1n) is 7.27. The van der Waals surface area contributed by atoms with E-state index in [4.69, 9.17) is 0 Å². The quantitative estimate of drug-likeness (QED) is 0.538. The molecule has 0 saturated carbocycles. The highest BCUT2D eigenvalue weighted by molar-refractivity contribution is 6.07. The number of para-hydroxylation sites is 2. The molecule has 0 aliphatic rings. The van der Waals surface area contributed by atoms with Gasteiger partial charge in [-0.05, 0) is 12.1 Å². The number of rotatable bonds is 6. The van der Waals surface area contributed by atoms with E-state index in [9.17, 15) is 5.11 Å². The van der Waals surface area contributed by atoms with Crippen molar-refractivity contribution in [2.24, 2.45) is 0 Å². The maximum Gasteiger partial charge on any atom is 0.0843 e. The molecule has 0 fully saturated rings. The van der Waals surface area contributed by atoms with Crippen LogP contribution >= 0.6 is 0 Å². The molecule has 1 aromatic heterocycles. The summed E-state index contributed by atoms with van der Waals surface area (Å²) >= 11 is 0. The number of aromatic nitrogens is 1. The Labute approximate surface area is 124 Å². The lowest BCUT2D eigenvalue weighted by atomic mass is 10.2. The molecule has 3 nitrogen and oxygen atoms in total. The van der Waals surface area contributed by atoms with Gasteiger partial charge in [-0.15, -0.1) is 6.58 Å². The third-order valence-electron chi connectivity index (χ3n) is 3.74. The first-order chi connectivity index (χ1) is 10.3. The van der Waals surface area contributed by atoms with Crippen LogP contribution in [0.3, 0.4) is 0 Å². The molecule has 1 heterocycles. The third kappa shape index (κ3) is 2.71. The van der Waals surface area contributed by atoms with Crippen molar-refractivity contribution in [3.05, 3.63) is 61.2 Å². The zero-order valence-corrected chi connectivity index (χ0v) is 12.0. The van der Waals surface area contributed by atoms with E-state index in [0.29, 0.717) is 19.6 Å². The summed E-state index contributed by atoms with van der Waals surface area (Å²) in [4.78, 5) is 0. The molecule has 108 valence electrons. The van der Waals surface area contributed by atoms with Crippen molar-refractivity contribution in [2.75, 3.05) is 13.1 Å². The second-order valence-corrected chi connectivity index (χ2v) is 5.25. The molecular formula is C18H20N2O. The van der Waals surface area contributed by atoms with Crippen molar-refractivity contribution in [1.82, 2.24) is 9.88 Å². The predicted octanol–water partition coefficient (Wildman–Crippen LogP) is 2.93. The van der Waals surface area contributed by atoms with Crippen LogP contribution in [-0.2, 0) is 6.54 Å². The molecule has 3 aromatic rings. The van der Waals surface area contributed by atoms with Crippen molar-refractivity contribution in [1.29, 1.82) is 0 Å². The van der Waals surface area contributed by atoms with Gasteiger partial charge >= 0.3 is 0 Å². The Morgan fingerprint density at radius 1 is 1.05 bits per heavy atom. The van der Waals surface area contributed by atoms with Crippen molar-refractivity contribution in [3.8, 4) is 0 Å². The summed E-state index contributed by atoms with van der Waals surface area (Å²) in [6.45, 7) is 5.52. The number of hydrogen-bond acceptors (Lipinski definition) is 2. The highest BCUT2D eigenvalue weighted by atomic mass is 16.3. The van der Waals surface area contributed by atoms with Gasteiger partial charge in [0.25, 0.3) is 0 Å². The summed E-state index contributed by atoms with van der Waals surface area (Å²) in [5, 5.41) is 15.9. The Balaban J connectivity index is 1.97. The summed E-state index contributed by atoms with van der Waals surface area (Å²) < 4.78 is 2.20. The monoisotopic (exact) mass is 280 g/mol. The number of nitrogens with one attached hydrogen (secondary N) is 1. The number of hydrogen-bond donors (Lipinski definition) is 2. The van der Waals surface area contributed by atoms with Gasteiger partial charge in [0, 0.05) is 34.9 Å². The van der Waals surface area contributed by atoms with Crippen molar-refractivity contribution in [2.45, 2.75) is 12.6 Å². The average molecular weight is 280 g/mol. The average Bonchev–Trinajstić information content (AvgIpc) is 2.83. The van der Waals surface area contributed by atoms with Crippen molar-refractivity contribution in [3.63, 3.8) is 0 Å². The van der Waals surface area contributed by atoms with Gasteiger partial charge in [-0.2, -0.15) is 0 Å². The molecule has 0 aliphatic carbocycles. The molecule has 21 heavy (non-hydrogen) atoms. The lowest BCUT2D eigenvalue weighted by Gasteiger charge is -2.14. The molecule has 0 aliphatic heterocycles. The van der Waals surface area contributed by atoms with E-state index in [1.165, 1.54) is 21.8 Å². The highest BCUT2D eigenvalue weighted by Gasteiger charge is 2.12. The largest absolute Gasteiger partial charge is 0.390 e. The first kappa shape index (κ1) is 13.9. The van der Waals surface area contributed by atoms with E-state index in [-0.39, 0.29) is 0 Å². The molecule has 3 rings (SSSR count). The molecule has 0 spiro atoms. The van der Waals surface area contributed by atoms with E-state index in [2.05, 4.69) is 52.9 Å². The number of benzene rings is 2. The maximum atomic E-state index is 10.2. The molecule has 1 atom stereocenters. The standard InChI is InChI=1S/C18H20N2O/c1-2-11-19-12-14(21)13-20-17-9-5-3-7-15(17)16-8-4-6-10-18(16)20/h2-10,14,19,21H,1,11-13H2. The van der Waals surface area contributed by atoms with Crippen LogP contribution in [0.25, 0.3) is 21.8 Å². The van der Waals surface area contributed by atoms with Crippen LogP contribution in [0.2, 0.25) is 0 Å². The van der Waals surface area contributed by atoms with Gasteiger partial charge in [0.05, 0.1) is 12.6 Å². The Kier molecular flexibility index (Phi) is 4.04. The molecule has 1 unspecified atom stereocenters. The van der Waals surface area contributed by atoms with E-state index < -0.39 is 6.10 Å². The highest BCUT2D eigenvalue weighted by Crippen LogP contribution is 2.28. The number of aliphatic hydroxyl groups is 1. The SMILES string of the molecule is C=CCNCC(O)Cn1c2ccccc2c2ccccc21.